The summed E-state index contributed by atoms with van der Waals surface area (Å²) < 4.78 is 19.2. The molecule has 2 aromatic rings. The van der Waals surface area contributed by atoms with Crippen molar-refractivity contribution in [1.29, 1.82) is 0 Å². The normalized spacial score (nSPS) is 12.4. The van der Waals surface area contributed by atoms with Gasteiger partial charge < -0.3 is 10.5 Å². The van der Waals surface area contributed by atoms with Crippen molar-refractivity contribution in [3.8, 4) is 5.75 Å². The molecule has 3 nitrogen and oxygen atoms in total. The average Bonchev–Trinajstić information content (AvgIpc) is 2.75. The van der Waals surface area contributed by atoms with Gasteiger partial charge in [0.15, 0.2) is 0 Å². The van der Waals surface area contributed by atoms with Gasteiger partial charge in [0.1, 0.15) is 11.6 Å². The fourth-order valence-electron chi connectivity index (χ4n) is 1.79. The van der Waals surface area contributed by atoms with Crippen molar-refractivity contribution in [3.63, 3.8) is 0 Å². The van der Waals surface area contributed by atoms with Crippen LogP contribution in [0.4, 0.5) is 4.39 Å². The molecule has 0 aliphatic carbocycles. The minimum atomic E-state index is -0.318. The number of halogens is 1. The summed E-state index contributed by atoms with van der Waals surface area (Å²) in [5.74, 6) is 0.213. The molecular weight excluding hydrogens is 263 g/mol. The Morgan fingerprint density at radius 1 is 1.47 bits per heavy atom. The van der Waals surface area contributed by atoms with E-state index in [0.717, 1.165) is 12.1 Å². The first-order valence-electron chi connectivity index (χ1n) is 6.14. The van der Waals surface area contributed by atoms with E-state index in [9.17, 15) is 4.39 Å². The summed E-state index contributed by atoms with van der Waals surface area (Å²) in [7, 11) is 0. The molecule has 5 heteroatoms. The first-order chi connectivity index (χ1) is 9.08. The Labute approximate surface area is 116 Å². The molecule has 1 aromatic heterocycles. The van der Waals surface area contributed by atoms with E-state index < -0.39 is 0 Å². The molecule has 0 saturated heterocycles. The van der Waals surface area contributed by atoms with Gasteiger partial charge in [-0.3, -0.25) is 0 Å². The number of ether oxygens (including phenoxy) is 1. The maximum absolute atomic E-state index is 13.7. The second-order valence-corrected chi connectivity index (χ2v) is 5.37. The van der Waals surface area contributed by atoms with Gasteiger partial charge in [-0.25, -0.2) is 9.37 Å². The third-order valence-electron chi connectivity index (χ3n) is 2.91. The molecule has 2 rings (SSSR count). The largest absolute Gasteiger partial charge is 0.493 e. The Balaban J connectivity index is 1.93. The number of benzene rings is 1. The summed E-state index contributed by atoms with van der Waals surface area (Å²) in [6.45, 7) is 4.24. The number of aryl methyl sites for hydroxylation is 1. The zero-order valence-electron chi connectivity index (χ0n) is 11.0. The van der Waals surface area contributed by atoms with E-state index in [1.54, 1.807) is 30.4 Å². The first-order valence-corrected chi connectivity index (χ1v) is 7.02. The summed E-state index contributed by atoms with van der Waals surface area (Å²) in [6, 6.07) is 4.50. The molecule has 0 spiro atoms. The Morgan fingerprint density at radius 2 is 2.26 bits per heavy atom. The monoisotopic (exact) mass is 280 g/mol. The maximum Gasteiger partial charge on any atom is 0.131 e. The van der Waals surface area contributed by atoms with Gasteiger partial charge >= 0.3 is 0 Å². The SMILES string of the molecule is Cc1ncsc1CCOc1ccc([C@@H](C)N)c(F)c1. The van der Waals surface area contributed by atoms with Gasteiger partial charge in [0.05, 0.1) is 17.8 Å². The van der Waals surface area contributed by atoms with Crippen molar-refractivity contribution >= 4 is 11.3 Å². The average molecular weight is 280 g/mol. The topological polar surface area (TPSA) is 48.1 Å². The van der Waals surface area contributed by atoms with E-state index in [0.29, 0.717) is 17.9 Å². The molecular formula is C14H17FN2OS. The van der Waals surface area contributed by atoms with Crippen LogP contribution in [0.1, 0.15) is 29.1 Å². The van der Waals surface area contributed by atoms with Crippen LogP contribution in [0.2, 0.25) is 0 Å². The van der Waals surface area contributed by atoms with Crippen molar-refractivity contribution in [1.82, 2.24) is 4.98 Å². The van der Waals surface area contributed by atoms with Crippen molar-refractivity contribution in [2.24, 2.45) is 5.73 Å². The van der Waals surface area contributed by atoms with E-state index in [1.165, 1.54) is 10.9 Å². The number of nitrogens with two attached hydrogens (primary N) is 1. The number of aromatic nitrogens is 1. The van der Waals surface area contributed by atoms with E-state index >= 15 is 0 Å². The first kappa shape index (κ1) is 14.0. The highest BCUT2D eigenvalue weighted by molar-refractivity contribution is 7.09. The number of hydrogen-bond acceptors (Lipinski definition) is 4. The van der Waals surface area contributed by atoms with Crippen LogP contribution in [0, 0.1) is 12.7 Å². The standard InChI is InChI=1S/C14H17FN2OS/c1-9(16)12-4-3-11(7-13(12)15)18-6-5-14-10(2)17-8-19-14/h3-4,7-9H,5-6,16H2,1-2H3/t9-/m1/s1. The number of nitrogens with zero attached hydrogens (tertiary/aromatic N) is 1. The van der Waals surface area contributed by atoms with Gasteiger partial charge in [-0.05, 0) is 19.9 Å². The van der Waals surface area contributed by atoms with Crippen LogP contribution in [-0.4, -0.2) is 11.6 Å². The zero-order valence-corrected chi connectivity index (χ0v) is 11.8. The van der Waals surface area contributed by atoms with Crippen molar-refractivity contribution in [3.05, 3.63) is 45.7 Å². The lowest BCUT2D eigenvalue weighted by Gasteiger charge is -2.10. The van der Waals surface area contributed by atoms with E-state index in [1.807, 2.05) is 12.4 Å². The fourth-order valence-corrected chi connectivity index (χ4v) is 2.56. The highest BCUT2D eigenvalue weighted by Crippen LogP contribution is 2.21. The zero-order chi connectivity index (χ0) is 13.8. The van der Waals surface area contributed by atoms with Crippen LogP contribution in [0.5, 0.6) is 5.75 Å². The Bertz CT molecular complexity index is 554. The maximum atomic E-state index is 13.7. The smallest absolute Gasteiger partial charge is 0.131 e. The van der Waals surface area contributed by atoms with Crippen LogP contribution >= 0.6 is 11.3 Å². The van der Waals surface area contributed by atoms with Gasteiger partial charge in [0.25, 0.3) is 0 Å². The third-order valence-corrected chi connectivity index (χ3v) is 3.90. The van der Waals surface area contributed by atoms with E-state index in [4.69, 9.17) is 10.5 Å². The van der Waals surface area contributed by atoms with Crippen LogP contribution in [-0.2, 0) is 6.42 Å². The number of hydrogen-bond donors (Lipinski definition) is 1. The highest BCUT2D eigenvalue weighted by Gasteiger charge is 2.08. The van der Waals surface area contributed by atoms with Gasteiger partial charge in [-0.2, -0.15) is 0 Å². The van der Waals surface area contributed by atoms with Gasteiger partial charge in [-0.15, -0.1) is 11.3 Å². The van der Waals surface area contributed by atoms with Crippen LogP contribution in [0.3, 0.4) is 0 Å². The van der Waals surface area contributed by atoms with E-state index in [-0.39, 0.29) is 11.9 Å². The third kappa shape index (κ3) is 3.52. The second-order valence-electron chi connectivity index (χ2n) is 4.43. The predicted octanol–water partition coefficient (Wildman–Crippen LogP) is 3.23. The lowest BCUT2D eigenvalue weighted by molar-refractivity contribution is 0.320. The van der Waals surface area contributed by atoms with Gasteiger partial charge in [0, 0.05) is 29.0 Å². The molecule has 1 atom stereocenters. The number of rotatable bonds is 5. The second kappa shape index (κ2) is 6.12. The molecule has 0 aliphatic heterocycles. The lowest BCUT2D eigenvalue weighted by Crippen LogP contribution is -2.08. The molecule has 0 fully saturated rings. The Hall–Kier alpha value is -1.46. The molecule has 1 aromatic carbocycles. The summed E-state index contributed by atoms with van der Waals surface area (Å²) >= 11 is 1.61. The summed E-state index contributed by atoms with van der Waals surface area (Å²) in [6.07, 6.45) is 0.785. The fraction of sp³-hybridized carbons (Fsp3) is 0.357. The van der Waals surface area contributed by atoms with Crippen molar-refractivity contribution in [2.75, 3.05) is 6.61 Å². The minimum absolute atomic E-state index is 0.311. The molecule has 0 bridgehead atoms. The van der Waals surface area contributed by atoms with E-state index in [2.05, 4.69) is 4.98 Å². The van der Waals surface area contributed by atoms with Crippen molar-refractivity contribution < 1.29 is 9.13 Å². The summed E-state index contributed by atoms with van der Waals surface area (Å²) in [4.78, 5) is 5.38. The van der Waals surface area contributed by atoms with Crippen molar-refractivity contribution in [2.45, 2.75) is 26.3 Å². The Kier molecular flexibility index (Phi) is 4.50. The Morgan fingerprint density at radius 3 is 2.84 bits per heavy atom. The molecule has 19 heavy (non-hydrogen) atoms. The highest BCUT2D eigenvalue weighted by atomic mass is 32.1. The molecule has 2 N–H and O–H groups in total. The van der Waals surface area contributed by atoms with Gasteiger partial charge in [0.2, 0.25) is 0 Å². The minimum Gasteiger partial charge on any atom is -0.493 e. The molecule has 0 saturated carbocycles. The van der Waals surface area contributed by atoms with Crippen LogP contribution in [0.25, 0.3) is 0 Å². The molecule has 0 radical (unpaired) electrons. The summed E-state index contributed by atoms with van der Waals surface area (Å²) in [5, 5.41) is 0. The summed E-state index contributed by atoms with van der Waals surface area (Å²) in [5.41, 5.74) is 9.02. The molecule has 1 heterocycles. The lowest BCUT2D eigenvalue weighted by atomic mass is 10.1. The predicted molar refractivity (Wildman–Crippen MR) is 75.1 cm³/mol. The van der Waals surface area contributed by atoms with Gasteiger partial charge in [-0.1, -0.05) is 6.07 Å². The van der Waals surface area contributed by atoms with Crippen LogP contribution < -0.4 is 10.5 Å². The molecule has 0 amide bonds. The van der Waals surface area contributed by atoms with Crippen LogP contribution in [0.15, 0.2) is 23.7 Å². The molecule has 0 unspecified atom stereocenters. The molecule has 0 aliphatic rings. The quantitative estimate of drug-likeness (QED) is 0.914. The number of thiazole rings is 1. The molecule has 102 valence electrons.